The molecule has 1 aromatic carbocycles. The van der Waals surface area contributed by atoms with Crippen molar-refractivity contribution in [2.75, 3.05) is 7.11 Å². The summed E-state index contributed by atoms with van der Waals surface area (Å²) in [7, 11) is 1.69. The predicted octanol–water partition coefficient (Wildman–Crippen LogP) is 2.93. The molecule has 0 bridgehead atoms. The average Bonchev–Trinajstić information content (AvgIpc) is 2.60. The highest BCUT2D eigenvalue weighted by Gasteiger charge is 2.08. The van der Waals surface area contributed by atoms with Crippen LogP contribution >= 0.6 is 11.3 Å². The number of rotatable bonds is 2. The zero-order chi connectivity index (χ0) is 10.1. The number of thiophene rings is 1. The van der Waals surface area contributed by atoms with Crippen LogP contribution in [0.1, 0.15) is 17.8 Å². The molecule has 3 heteroatoms. The molecule has 0 amide bonds. The van der Waals surface area contributed by atoms with Crippen LogP contribution in [-0.2, 0) is 0 Å². The summed E-state index contributed by atoms with van der Waals surface area (Å²) >= 11 is 1.73. The fourth-order valence-electron chi connectivity index (χ4n) is 1.46. The lowest BCUT2D eigenvalue weighted by atomic mass is 10.2. The minimum atomic E-state index is 0.0945. The van der Waals surface area contributed by atoms with Gasteiger partial charge in [-0.15, -0.1) is 11.3 Å². The monoisotopic (exact) mass is 207 g/mol. The lowest BCUT2D eigenvalue weighted by Gasteiger charge is -1.99. The number of benzene rings is 1. The molecule has 0 fully saturated rings. The molecule has 2 N–H and O–H groups in total. The third-order valence-electron chi connectivity index (χ3n) is 2.21. The molecule has 0 aliphatic heterocycles. The molecule has 74 valence electrons. The Morgan fingerprint density at radius 1 is 1.43 bits per heavy atom. The second kappa shape index (κ2) is 3.59. The summed E-state index contributed by atoms with van der Waals surface area (Å²) in [6.07, 6.45) is 0. The quantitative estimate of drug-likeness (QED) is 0.821. The largest absolute Gasteiger partial charge is 0.496 e. The van der Waals surface area contributed by atoms with Gasteiger partial charge in [0, 0.05) is 21.0 Å². The van der Waals surface area contributed by atoms with Crippen molar-refractivity contribution in [3.05, 3.63) is 29.1 Å². The summed E-state index contributed by atoms with van der Waals surface area (Å²) in [4.78, 5) is 1.20. The van der Waals surface area contributed by atoms with Gasteiger partial charge in [-0.1, -0.05) is 6.07 Å². The van der Waals surface area contributed by atoms with Crippen LogP contribution < -0.4 is 10.5 Å². The normalized spacial score (nSPS) is 13.1. The van der Waals surface area contributed by atoms with Gasteiger partial charge in [-0.05, 0) is 25.1 Å². The van der Waals surface area contributed by atoms with Gasteiger partial charge in [0.25, 0.3) is 0 Å². The van der Waals surface area contributed by atoms with Crippen molar-refractivity contribution < 1.29 is 4.74 Å². The Labute approximate surface area is 87.3 Å². The highest BCUT2D eigenvalue weighted by atomic mass is 32.1. The van der Waals surface area contributed by atoms with Gasteiger partial charge in [-0.2, -0.15) is 0 Å². The Morgan fingerprint density at radius 2 is 2.21 bits per heavy atom. The number of nitrogens with two attached hydrogens (primary N) is 1. The van der Waals surface area contributed by atoms with Crippen molar-refractivity contribution in [3.63, 3.8) is 0 Å². The van der Waals surface area contributed by atoms with E-state index in [0.717, 1.165) is 11.1 Å². The van der Waals surface area contributed by atoms with Crippen molar-refractivity contribution in [1.29, 1.82) is 0 Å². The predicted molar refractivity (Wildman–Crippen MR) is 61.0 cm³/mol. The summed E-state index contributed by atoms with van der Waals surface area (Å²) in [6, 6.07) is 8.28. The maximum Gasteiger partial charge on any atom is 0.127 e. The van der Waals surface area contributed by atoms with E-state index in [-0.39, 0.29) is 6.04 Å². The molecule has 14 heavy (non-hydrogen) atoms. The molecule has 1 atom stereocenters. The number of hydrogen-bond acceptors (Lipinski definition) is 3. The van der Waals surface area contributed by atoms with Crippen LogP contribution in [0, 0.1) is 0 Å². The van der Waals surface area contributed by atoms with Crippen LogP contribution in [0.4, 0.5) is 0 Å². The number of hydrogen-bond donors (Lipinski definition) is 1. The van der Waals surface area contributed by atoms with E-state index in [1.165, 1.54) is 9.58 Å². The van der Waals surface area contributed by atoms with Crippen LogP contribution in [0.2, 0.25) is 0 Å². The molecule has 0 aliphatic rings. The molecule has 0 spiro atoms. The van der Waals surface area contributed by atoms with Crippen LogP contribution in [0.15, 0.2) is 24.3 Å². The second-order valence-electron chi connectivity index (χ2n) is 3.31. The molecule has 0 radical (unpaired) electrons. The molecule has 1 heterocycles. The summed E-state index contributed by atoms with van der Waals surface area (Å²) < 4.78 is 6.52. The molecular weight excluding hydrogens is 194 g/mol. The topological polar surface area (TPSA) is 35.2 Å². The molecule has 0 aliphatic carbocycles. The molecule has 2 nitrogen and oxygen atoms in total. The minimum absolute atomic E-state index is 0.0945. The van der Waals surface area contributed by atoms with Crippen LogP contribution in [-0.4, -0.2) is 7.11 Å². The van der Waals surface area contributed by atoms with E-state index in [9.17, 15) is 0 Å². The number of fused-ring (bicyclic) bond motifs is 1. The van der Waals surface area contributed by atoms with Crippen LogP contribution in [0.25, 0.3) is 10.1 Å². The van der Waals surface area contributed by atoms with E-state index < -0.39 is 0 Å². The third-order valence-corrected chi connectivity index (χ3v) is 3.51. The van der Waals surface area contributed by atoms with Crippen LogP contribution in [0.3, 0.4) is 0 Å². The van der Waals surface area contributed by atoms with E-state index in [0.29, 0.717) is 0 Å². The lowest BCUT2D eigenvalue weighted by molar-refractivity contribution is 0.420. The van der Waals surface area contributed by atoms with Crippen molar-refractivity contribution in [3.8, 4) is 5.75 Å². The van der Waals surface area contributed by atoms with E-state index in [1.807, 2.05) is 19.1 Å². The van der Waals surface area contributed by atoms with Gasteiger partial charge in [0.1, 0.15) is 5.75 Å². The lowest BCUT2D eigenvalue weighted by Crippen LogP contribution is -2.01. The van der Waals surface area contributed by atoms with E-state index in [1.54, 1.807) is 18.4 Å². The van der Waals surface area contributed by atoms with Crippen molar-refractivity contribution in [2.45, 2.75) is 13.0 Å². The van der Waals surface area contributed by atoms with E-state index in [2.05, 4.69) is 12.1 Å². The molecular formula is C11H13NOS. The zero-order valence-corrected chi connectivity index (χ0v) is 9.10. The first-order valence-electron chi connectivity index (χ1n) is 4.54. The van der Waals surface area contributed by atoms with Crippen LogP contribution in [0.5, 0.6) is 5.75 Å². The summed E-state index contributed by atoms with van der Waals surface area (Å²) in [6.45, 7) is 2.00. The van der Waals surface area contributed by atoms with E-state index >= 15 is 0 Å². The first-order chi connectivity index (χ1) is 6.72. The van der Waals surface area contributed by atoms with Crippen molar-refractivity contribution >= 4 is 21.4 Å². The van der Waals surface area contributed by atoms with Gasteiger partial charge < -0.3 is 10.5 Å². The molecule has 2 rings (SSSR count). The summed E-state index contributed by atoms with van der Waals surface area (Å²) in [5, 5.41) is 1.16. The van der Waals surface area contributed by atoms with Gasteiger partial charge in [0.05, 0.1) is 7.11 Å². The molecule has 1 aromatic heterocycles. The Balaban J connectivity index is 2.64. The van der Waals surface area contributed by atoms with Gasteiger partial charge in [-0.3, -0.25) is 0 Å². The fourth-order valence-corrected chi connectivity index (χ4v) is 2.49. The van der Waals surface area contributed by atoms with Gasteiger partial charge in [-0.25, -0.2) is 0 Å². The molecule has 2 aromatic rings. The second-order valence-corrected chi connectivity index (χ2v) is 4.42. The van der Waals surface area contributed by atoms with Crippen molar-refractivity contribution in [1.82, 2.24) is 0 Å². The van der Waals surface area contributed by atoms with Gasteiger partial charge in [0.2, 0.25) is 0 Å². The molecule has 1 unspecified atom stereocenters. The maximum atomic E-state index is 5.84. The standard InChI is InChI=1S/C11H13NOS/c1-7(12)11-6-8-9(13-2)4-3-5-10(8)14-11/h3-7H,12H2,1-2H3. The van der Waals surface area contributed by atoms with E-state index in [4.69, 9.17) is 10.5 Å². The Bertz CT molecular complexity index is 447. The first-order valence-corrected chi connectivity index (χ1v) is 5.36. The van der Waals surface area contributed by atoms with Gasteiger partial charge >= 0.3 is 0 Å². The molecule has 0 saturated carbocycles. The number of methoxy groups -OCH3 is 1. The van der Waals surface area contributed by atoms with Gasteiger partial charge in [0.15, 0.2) is 0 Å². The Kier molecular flexibility index (Phi) is 2.44. The minimum Gasteiger partial charge on any atom is -0.496 e. The Morgan fingerprint density at radius 3 is 2.86 bits per heavy atom. The summed E-state index contributed by atoms with van der Waals surface area (Å²) in [5.41, 5.74) is 5.84. The zero-order valence-electron chi connectivity index (χ0n) is 8.28. The highest BCUT2D eigenvalue weighted by Crippen LogP contribution is 2.34. The number of ether oxygens (including phenoxy) is 1. The first kappa shape index (κ1) is 9.49. The average molecular weight is 207 g/mol. The summed E-state index contributed by atoms with van der Waals surface area (Å²) in [5.74, 6) is 0.922. The SMILES string of the molecule is COc1cccc2sc(C(C)N)cc12. The van der Waals surface area contributed by atoms with Crippen molar-refractivity contribution in [2.24, 2.45) is 5.73 Å². The smallest absolute Gasteiger partial charge is 0.127 e. The maximum absolute atomic E-state index is 5.84. The molecule has 0 saturated heterocycles. The fraction of sp³-hybridized carbons (Fsp3) is 0.273. The highest BCUT2D eigenvalue weighted by molar-refractivity contribution is 7.19. The Hall–Kier alpha value is -1.06. The third kappa shape index (κ3) is 1.49.